The molecule has 0 spiro atoms. The van der Waals surface area contributed by atoms with Crippen molar-refractivity contribution in [3.8, 4) is 0 Å². The zero-order chi connectivity index (χ0) is 15.5. The van der Waals surface area contributed by atoms with Crippen LogP contribution in [-0.4, -0.2) is 54.3 Å². The third-order valence-electron chi connectivity index (χ3n) is 4.74. The summed E-state index contributed by atoms with van der Waals surface area (Å²) in [6, 6.07) is 0. The first kappa shape index (κ1) is 16.7. The van der Waals surface area contributed by atoms with Crippen LogP contribution in [0.5, 0.6) is 0 Å². The molecule has 6 nitrogen and oxygen atoms in total. The highest BCUT2D eigenvalue weighted by molar-refractivity contribution is 7.86. The van der Waals surface area contributed by atoms with Crippen molar-refractivity contribution in [2.45, 2.75) is 45.4 Å². The highest BCUT2D eigenvalue weighted by Gasteiger charge is 2.34. The lowest BCUT2D eigenvalue weighted by molar-refractivity contribution is -0.137. The van der Waals surface area contributed by atoms with Crippen LogP contribution in [0.1, 0.15) is 45.4 Å². The number of aliphatic carboxylic acids is 1. The lowest BCUT2D eigenvalue weighted by atomic mass is 9.93. The molecule has 2 rings (SSSR count). The van der Waals surface area contributed by atoms with E-state index in [0.29, 0.717) is 44.4 Å². The fourth-order valence-corrected chi connectivity index (χ4v) is 4.81. The van der Waals surface area contributed by atoms with Gasteiger partial charge in [0, 0.05) is 32.6 Å². The first-order valence-corrected chi connectivity index (χ1v) is 9.26. The summed E-state index contributed by atoms with van der Waals surface area (Å²) in [4.78, 5) is 10.6. The summed E-state index contributed by atoms with van der Waals surface area (Å²) in [6.45, 7) is 4.47. The predicted molar refractivity (Wildman–Crippen MR) is 80.1 cm³/mol. The average molecular weight is 318 g/mol. The zero-order valence-corrected chi connectivity index (χ0v) is 13.5. The van der Waals surface area contributed by atoms with Crippen molar-refractivity contribution in [2.24, 2.45) is 11.8 Å². The van der Waals surface area contributed by atoms with Crippen LogP contribution in [-0.2, 0) is 15.0 Å². The third kappa shape index (κ3) is 4.40. The quantitative estimate of drug-likeness (QED) is 0.834. The van der Waals surface area contributed by atoms with Crippen LogP contribution >= 0.6 is 0 Å². The van der Waals surface area contributed by atoms with E-state index >= 15 is 0 Å². The smallest absolute Gasteiger partial charge is 0.303 e. The Kier molecular flexibility index (Phi) is 5.62. The molecule has 7 heteroatoms. The van der Waals surface area contributed by atoms with E-state index in [4.69, 9.17) is 5.11 Å². The molecule has 2 aliphatic rings. The van der Waals surface area contributed by atoms with Gasteiger partial charge in [0.1, 0.15) is 0 Å². The highest BCUT2D eigenvalue weighted by atomic mass is 32.2. The van der Waals surface area contributed by atoms with Gasteiger partial charge in [-0.2, -0.15) is 17.0 Å². The second-order valence-corrected chi connectivity index (χ2v) is 8.29. The van der Waals surface area contributed by atoms with E-state index in [0.717, 1.165) is 25.7 Å². The summed E-state index contributed by atoms with van der Waals surface area (Å²) in [6.07, 6.45) is 4.27. The highest BCUT2D eigenvalue weighted by Crippen LogP contribution is 2.26. The Labute approximate surface area is 127 Å². The van der Waals surface area contributed by atoms with Crippen LogP contribution in [0.3, 0.4) is 0 Å². The van der Waals surface area contributed by atoms with Gasteiger partial charge in [0.2, 0.25) is 0 Å². The van der Waals surface area contributed by atoms with Gasteiger partial charge in [-0.3, -0.25) is 4.79 Å². The fraction of sp³-hybridized carbons (Fsp3) is 0.929. The summed E-state index contributed by atoms with van der Waals surface area (Å²) in [5.74, 6) is 0.180. The van der Waals surface area contributed by atoms with Gasteiger partial charge in [-0.05, 0) is 43.9 Å². The molecule has 21 heavy (non-hydrogen) atoms. The second kappa shape index (κ2) is 7.07. The van der Waals surface area contributed by atoms with Gasteiger partial charge in [0.05, 0.1) is 0 Å². The minimum Gasteiger partial charge on any atom is -0.481 e. The molecule has 0 aliphatic carbocycles. The molecular formula is C14H26N2O4S. The Balaban J connectivity index is 1.84. The van der Waals surface area contributed by atoms with Crippen molar-refractivity contribution in [2.75, 3.05) is 26.2 Å². The Hall–Kier alpha value is -0.660. The number of carbonyl (C=O) groups is 1. The maximum atomic E-state index is 12.6. The monoisotopic (exact) mass is 318 g/mol. The van der Waals surface area contributed by atoms with Gasteiger partial charge in [-0.25, -0.2) is 0 Å². The number of hydrogen-bond donors (Lipinski definition) is 1. The van der Waals surface area contributed by atoms with E-state index in [2.05, 4.69) is 6.92 Å². The molecule has 0 unspecified atom stereocenters. The van der Waals surface area contributed by atoms with Gasteiger partial charge < -0.3 is 5.11 Å². The molecule has 0 amide bonds. The number of piperidine rings is 2. The Bertz CT molecular complexity index is 450. The molecule has 2 saturated heterocycles. The van der Waals surface area contributed by atoms with Crippen LogP contribution in [0.4, 0.5) is 0 Å². The summed E-state index contributed by atoms with van der Waals surface area (Å²) < 4.78 is 28.4. The Morgan fingerprint density at radius 2 is 1.52 bits per heavy atom. The van der Waals surface area contributed by atoms with Gasteiger partial charge in [-0.1, -0.05) is 6.92 Å². The first-order valence-electron chi connectivity index (χ1n) is 7.86. The molecule has 0 radical (unpaired) electrons. The number of carboxylic acid groups (broad SMARTS) is 1. The summed E-state index contributed by atoms with van der Waals surface area (Å²) in [5, 5.41) is 8.70. The van der Waals surface area contributed by atoms with Gasteiger partial charge in [0.15, 0.2) is 0 Å². The standard InChI is InChI=1S/C14H26N2O4S/c1-12-4-8-15(9-5-12)21(19,20)16-10-6-13(7-11-16)2-3-14(17)18/h12-13H,2-11H2,1H3,(H,17,18). The van der Waals surface area contributed by atoms with Crippen LogP contribution in [0.2, 0.25) is 0 Å². The minimum absolute atomic E-state index is 0.182. The van der Waals surface area contributed by atoms with Crippen molar-refractivity contribution in [3.63, 3.8) is 0 Å². The molecular weight excluding hydrogens is 292 g/mol. The van der Waals surface area contributed by atoms with Gasteiger partial charge in [-0.15, -0.1) is 0 Å². The SMILES string of the molecule is CC1CCN(S(=O)(=O)N2CCC(CCC(=O)O)CC2)CC1. The Morgan fingerprint density at radius 1 is 1.05 bits per heavy atom. The maximum absolute atomic E-state index is 12.6. The van der Waals surface area contributed by atoms with Crippen LogP contribution in [0.25, 0.3) is 0 Å². The summed E-state index contributed by atoms with van der Waals surface area (Å²) >= 11 is 0. The first-order chi connectivity index (χ1) is 9.89. The molecule has 0 atom stereocenters. The fourth-order valence-electron chi connectivity index (χ4n) is 3.14. The van der Waals surface area contributed by atoms with Crippen molar-refractivity contribution in [1.29, 1.82) is 0 Å². The van der Waals surface area contributed by atoms with E-state index in [1.54, 1.807) is 8.61 Å². The van der Waals surface area contributed by atoms with E-state index in [9.17, 15) is 13.2 Å². The van der Waals surface area contributed by atoms with E-state index in [1.807, 2.05) is 0 Å². The average Bonchev–Trinajstić information content (AvgIpc) is 2.46. The van der Waals surface area contributed by atoms with E-state index in [-0.39, 0.29) is 6.42 Å². The number of rotatable bonds is 5. The summed E-state index contributed by atoms with van der Waals surface area (Å²) in [7, 11) is -3.31. The molecule has 2 heterocycles. The van der Waals surface area contributed by atoms with Crippen molar-refractivity contribution in [3.05, 3.63) is 0 Å². The normalized spacial score (nSPS) is 24.2. The molecule has 0 bridgehead atoms. The van der Waals surface area contributed by atoms with Gasteiger partial charge in [0.25, 0.3) is 10.2 Å². The molecule has 122 valence electrons. The van der Waals surface area contributed by atoms with Crippen LogP contribution in [0, 0.1) is 11.8 Å². The van der Waals surface area contributed by atoms with Crippen molar-refractivity contribution in [1.82, 2.24) is 8.61 Å². The minimum atomic E-state index is -3.31. The maximum Gasteiger partial charge on any atom is 0.303 e. The molecule has 2 aliphatic heterocycles. The molecule has 0 aromatic carbocycles. The largest absolute Gasteiger partial charge is 0.481 e. The number of nitrogens with zero attached hydrogens (tertiary/aromatic N) is 2. The topological polar surface area (TPSA) is 77.9 Å². The summed E-state index contributed by atoms with van der Waals surface area (Å²) in [5.41, 5.74) is 0. The van der Waals surface area contributed by atoms with Gasteiger partial charge >= 0.3 is 5.97 Å². The Morgan fingerprint density at radius 3 is 2.00 bits per heavy atom. The lowest BCUT2D eigenvalue weighted by Gasteiger charge is -2.37. The molecule has 2 fully saturated rings. The van der Waals surface area contributed by atoms with Crippen LogP contribution < -0.4 is 0 Å². The predicted octanol–water partition coefficient (Wildman–Crippen LogP) is 1.54. The number of carboxylic acids is 1. The molecule has 0 saturated carbocycles. The molecule has 0 aromatic heterocycles. The number of hydrogen-bond acceptors (Lipinski definition) is 3. The van der Waals surface area contributed by atoms with Crippen molar-refractivity contribution < 1.29 is 18.3 Å². The van der Waals surface area contributed by atoms with E-state index < -0.39 is 16.2 Å². The van der Waals surface area contributed by atoms with Crippen molar-refractivity contribution >= 4 is 16.2 Å². The van der Waals surface area contributed by atoms with Crippen LogP contribution in [0.15, 0.2) is 0 Å². The van der Waals surface area contributed by atoms with E-state index in [1.165, 1.54) is 0 Å². The second-order valence-electron chi connectivity index (χ2n) is 6.36. The lowest BCUT2D eigenvalue weighted by Crippen LogP contribution is -2.49. The third-order valence-corrected chi connectivity index (χ3v) is 6.77. The zero-order valence-electron chi connectivity index (χ0n) is 12.7. The molecule has 1 N–H and O–H groups in total. The molecule has 0 aromatic rings.